The van der Waals surface area contributed by atoms with Crippen molar-refractivity contribution in [3.63, 3.8) is 0 Å². The Morgan fingerprint density at radius 2 is 1.20 bits per heavy atom. The number of rotatable bonds is 41. The lowest BCUT2D eigenvalue weighted by Gasteiger charge is -2.21. The van der Waals surface area contributed by atoms with Gasteiger partial charge >= 0.3 is 0 Å². The van der Waals surface area contributed by atoms with Crippen LogP contribution in [0.5, 0.6) is 5.75 Å². The van der Waals surface area contributed by atoms with Crippen molar-refractivity contribution in [3.8, 4) is 5.75 Å². The minimum Gasteiger partial charge on any atom is -0.508 e. The fourth-order valence-corrected chi connectivity index (χ4v) is 5.73. The summed E-state index contributed by atoms with van der Waals surface area (Å²) < 4.78 is 26.8. The second-order valence-corrected chi connectivity index (χ2v) is 15.3. The lowest BCUT2D eigenvalue weighted by atomic mass is 10.0. The standard InChI is InChI=1S/C41H70N8O14S/c1-29(49-41(58)32(42)23-30-6-8-31(51)9-7-30)35(52)24-47-33(36(53)25-48-34(26-50)40(43)57)5-3-4-11-44-38(55)27-63-21-19-61-17-16-59-15-13-46-39(56)28-62-20-18-60-14-12-45-37(54)10-22-64-2/h6-9,29,32-34,47-48,50-51H,3-5,10-28,42H2,1-2H3,(H2,43,57)(H,44,55)(H,45,54)(H,46,56)(H,49,58)/t29?,32-,33-,34-/m0/s1. The van der Waals surface area contributed by atoms with Gasteiger partial charge in [-0.05, 0) is 56.6 Å². The first-order valence-electron chi connectivity index (χ1n) is 21.2. The summed E-state index contributed by atoms with van der Waals surface area (Å²) in [7, 11) is 0. The molecule has 5 amide bonds. The lowest BCUT2D eigenvalue weighted by molar-refractivity contribution is -0.128. The van der Waals surface area contributed by atoms with Gasteiger partial charge in [-0.3, -0.25) is 38.9 Å². The van der Waals surface area contributed by atoms with E-state index in [1.165, 1.54) is 19.1 Å². The molecular weight excluding hydrogens is 861 g/mol. The van der Waals surface area contributed by atoms with E-state index in [-0.39, 0.29) is 95.7 Å². The van der Waals surface area contributed by atoms with E-state index in [4.69, 9.17) is 35.2 Å². The van der Waals surface area contributed by atoms with Crippen LogP contribution in [0.25, 0.3) is 0 Å². The van der Waals surface area contributed by atoms with Gasteiger partial charge in [-0.1, -0.05) is 12.1 Å². The number of phenols is 1. The molecular formula is C41H70N8O14S. The van der Waals surface area contributed by atoms with Crippen LogP contribution in [0, 0.1) is 0 Å². The van der Waals surface area contributed by atoms with Crippen molar-refractivity contribution in [2.24, 2.45) is 11.5 Å². The Bertz CT molecular complexity index is 1510. The first kappa shape index (κ1) is 57.7. The zero-order chi connectivity index (χ0) is 47.4. The van der Waals surface area contributed by atoms with Crippen LogP contribution in [-0.4, -0.2) is 193 Å². The van der Waals surface area contributed by atoms with Crippen molar-refractivity contribution in [1.82, 2.24) is 31.9 Å². The highest BCUT2D eigenvalue weighted by Crippen LogP contribution is 2.11. The molecule has 12 N–H and O–H groups in total. The molecule has 0 bridgehead atoms. The second kappa shape index (κ2) is 37.0. The molecule has 0 radical (unpaired) electrons. The number of aliphatic hydroxyl groups is 1. The Morgan fingerprint density at radius 3 is 1.77 bits per heavy atom. The van der Waals surface area contributed by atoms with E-state index in [1.807, 2.05) is 6.26 Å². The number of amides is 5. The number of thioether (sulfide) groups is 1. The summed E-state index contributed by atoms with van der Waals surface area (Å²) in [4.78, 5) is 85.7. The van der Waals surface area contributed by atoms with Gasteiger partial charge in [0.15, 0.2) is 11.6 Å². The van der Waals surface area contributed by atoms with E-state index in [0.717, 1.165) is 11.3 Å². The number of ketones is 2. The molecule has 364 valence electrons. The maximum absolute atomic E-state index is 13.1. The van der Waals surface area contributed by atoms with Gasteiger partial charge in [0.05, 0.1) is 90.7 Å². The zero-order valence-electron chi connectivity index (χ0n) is 37.0. The van der Waals surface area contributed by atoms with Gasteiger partial charge in [0, 0.05) is 31.8 Å². The highest BCUT2D eigenvalue weighted by Gasteiger charge is 2.24. The van der Waals surface area contributed by atoms with E-state index >= 15 is 0 Å². The average molecular weight is 931 g/mol. The van der Waals surface area contributed by atoms with Gasteiger partial charge in [-0.2, -0.15) is 11.8 Å². The minimum atomic E-state index is -1.14. The number of carbonyl (C=O) groups is 7. The number of unbranched alkanes of at least 4 members (excludes halogenated alkanes) is 1. The molecule has 0 aliphatic heterocycles. The number of nitrogens with two attached hydrogens (primary N) is 2. The predicted octanol–water partition coefficient (Wildman–Crippen LogP) is -3.35. The Kier molecular flexibility index (Phi) is 33.3. The Morgan fingerprint density at radius 1 is 0.688 bits per heavy atom. The van der Waals surface area contributed by atoms with Crippen molar-refractivity contribution < 1.29 is 67.5 Å². The van der Waals surface area contributed by atoms with Gasteiger partial charge < -0.3 is 71.9 Å². The summed E-state index contributed by atoms with van der Waals surface area (Å²) in [5.41, 5.74) is 12.0. The summed E-state index contributed by atoms with van der Waals surface area (Å²) >= 11 is 1.61. The molecule has 0 saturated heterocycles. The summed E-state index contributed by atoms with van der Waals surface area (Å²) in [5.74, 6) is -1.98. The number of Topliss-reactive ketones (excluding diaryl/α,β-unsaturated/α-hetero) is 2. The molecule has 0 aromatic heterocycles. The fraction of sp³-hybridized carbons (Fsp3) is 0.683. The predicted molar refractivity (Wildman–Crippen MR) is 237 cm³/mol. The monoisotopic (exact) mass is 930 g/mol. The second-order valence-electron chi connectivity index (χ2n) is 14.3. The van der Waals surface area contributed by atoms with Crippen molar-refractivity contribution in [1.29, 1.82) is 0 Å². The number of aromatic hydroxyl groups is 1. The summed E-state index contributed by atoms with van der Waals surface area (Å²) in [6.45, 7) is 3.21. The Balaban J connectivity index is 2.21. The third kappa shape index (κ3) is 29.9. The van der Waals surface area contributed by atoms with Crippen LogP contribution in [0.3, 0.4) is 0 Å². The van der Waals surface area contributed by atoms with Crippen LogP contribution >= 0.6 is 11.8 Å². The third-order valence-corrected chi connectivity index (χ3v) is 9.64. The largest absolute Gasteiger partial charge is 0.508 e. The number of primary amides is 1. The molecule has 0 aliphatic carbocycles. The van der Waals surface area contributed by atoms with Crippen LogP contribution in [-0.2, 0) is 63.7 Å². The van der Waals surface area contributed by atoms with Crippen LogP contribution < -0.4 is 43.4 Å². The van der Waals surface area contributed by atoms with Crippen LogP contribution in [0.1, 0.15) is 38.2 Å². The van der Waals surface area contributed by atoms with Gasteiger partial charge in [0.25, 0.3) is 0 Å². The first-order chi connectivity index (χ1) is 30.8. The molecule has 1 aromatic carbocycles. The van der Waals surface area contributed by atoms with E-state index in [0.29, 0.717) is 58.7 Å². The number of phenolic OH excluding ortho intramolecular Hbond substituents is 1. The van der Waals surface area contributed by atoms with Crippen molar-refractivity contribution in [3.05, 3.63) is 29.8 Å². The summed E-state index contributed by atoms with van der Waals surface area (Å²) in [5, 5.41) is 35.1. The molecule has 0 fully saturated rings. The zero-order valence-corrected chi connectivity index (χ0v) is 37.8. The number of aliphatic hydroxyl groups excluding tert-OH is 1. The topological polar surface area (TPSA) is 330 Å². The molecule has 1 rings (SSSR count). The smallest absolute Gasteiger partial charge is 0.246 e. The molecule has 1 unspecified atom stereocenters. The number of hydrogen-bond acceptors (Lipinski definition) is 18. The van der Waals surface area contributed by atoms with Gasteiger partial charge in [-0.15, -0.1) is 0 Å². The van der Waals surface area contributed by atoms with Crippen molar-refractivity contribution >= 4 is 52.9 Å². The maximum Gasteiger partial charge on any atom is 0.246 e. The first-order valence-corrected chi connectivity index (χ1v) is 22.6. The molecule has 0 spiro atoms. The highest BCUT2D eigenvalue weighted by molar-refractivity contribution is 7.98. The molecule has 0 aliphatic rings. The highest BCUT2D eigenvalue weighted by atomic mass is 32.2. The number of nitrogens with one attached hydrogen (secondary N) is 6. The van der Waals surface area contributed by atoms with Crippen molar-refractivity contribution in [2.45, 2.75) is 63.2 Å². The minimum absolute atomic E-state index is 0.0106. The molecule has 4 atom stereocenters. The quantitative estimate of drug-likeness (QED) is 0.0287. The van der Waals surface area contributed by atoms with E-state index in [2.05, 4.69) is 31.9 Å². The Labute approximate surface area is 379 Å². The van der Waals surface area contributed by atoms with Gasteiger partial charge in [0.1, 0.15) is 25.0 Å². The average Bonchev–Trinajstić information content (AvgIpc) is 3.27. The lowest BCUT2D eigenvalue weighted by Crippen LogP contribution is -2.52. The van der Waals surface area contributed by atoms with Crippen LogP contribution in [0.15, 0.2) is 24.3 Å². The molecule has 22 nitrogen and oxygen atoms in total. The number of ether oxygens (including phenoxy) is 5. The summed E-state index contributed by atoms with van der Waals surface area (Å²) in [6.07, 6.45) is 3.82. The molecule has 1 aromatic rings. The number of benzene rings is 1. The molecule has 23 heteroatoms. The number of carbonyl (C=O) groups excluding carboxylic acids is 7. The fourth-order valence-electron chi connectivity index (χ4n) is 5.34. The van der Waals surface area contributed by atoms with Crippen molar-refractivity contribution in [2.75, 3.05) is 117 Å². The van der Waals surface area contributed by atoms with Gasteiger partial charge in [-0.25, -0.2) is 0 Å². The molecule has 0 heterocycles. The maximum atomic E-state index is 13.1. The van der Waals surface area contributed by atoms with Crippen LogP contribution in [0.4, 0.5) is 0 Å². The van der Waals surface area contributed by atoms with Crippen LogP contribution in [0.2, 0.25) is 0 Å². The third-order valence-electron chi connectivity index (χ3n) is 9.02. The number of hydrogen-bond donors (Lipinski definition) is 10. The molecule has 0 saturated carbocycles. The van der Waals surface area contributed by atoms with E-state index < -0.39 is 54.2 Å². The SMILES string of the molecule is CSCCC(=O)NCCOCCOCC(=O)NCCOCCOCCOCC(=O)NCCCC[C@H](NCC(=O)C(C)NC(=O)[C@@H](N)Cc1ccc(O)cc1)C(=O)CN[C@@H](CO)C(N)=O. The van der Waals surface area contributed by atoms with E-state index in [9.17, 15) is 43.8 Å². The van der Waals surface area contributed by atoms with Gasteiger partial charge in [0.2, 0.25) is 29.5 Å². The Hall–Kier alpha value is -4.30. The van der Waals surface area contributed by atoms with E-state index in [1.54, 1.807) is 23.9 Å². The molecule has 64 heavy (non-hydrogen) atoms. The summed E-state index contributed by atoms with van der Waals surface area (Å²) in [6, 6.07) is 2.37. The normalized spacial score (nSPS) is 13.0.